The van der Waals surface area contributed by atoms with Gasteiger partial charge >= 0.3 is 5.97 Å². The lowest BCUT2D eigenvalue weighted by Gasteiger charge is -2.23. The predicted octanol–water partition coefficient (Wildman–Crippen LogP) is 3.22. The molecule has 0 bridgehead atoms. The van der Waals surface area contributed by atoms with Crippen molar-refractivity contribution in [2.24, 2.45) is 0 Å². The minimum Gasteiger partial charge on any atom is -0.493 e. The van der Waals surface area contributed by atoms with E-state index >= 15 is 0 Å². The second-order valence-corrected chi connectivity index (χ2v) is 6.30. The standard InChI is InChI=1S/C21H23NO5/c1-25-17-11-10-16(14-18(17)26-2)21(24)27-19(15-8-4-3-5-9-15)20(23)22-12-6-7-13-22/h3-5,8-11,14,19H,6-7,12-13H2,1-2H3/t19-/m1/s1. The lowest BCUT2D eigenvalue weighted by atomic mass is 10.1. The molecular weight excluding hydrogens is 346 g/mol. The smallest absolute Gasteiger partial charge is 0.339 e. The normalized spacial score (nSPS) is 14.5. The van der Waals surface area contributed by atoms with Gasteiger partial charge in [-0.1, -0.05) is 30.3 Å². The summed E-state index contributed by atoms with van der Waals surface area (Å²) in [4.78, 5) is 27.4. The number of esters is 1. The Morgan fingerprint density at radius 2 is 1.59 bits per heavy atom. The van der Waals surface area contributed by atoms with E-state index in [2.05, 4.69) is 0 Å². The number of hydrogen-bond acceptors (Lipinski definition) is 5. The molecule has 0 unspecified atom stereocenters. The number of carbonyl (C=O) groups excluding carboxylic acids is 2. The van der Waals surface area contributed by atoms with Crippen LogP contribution in [-0.4, -0.2) is 44.1 Å². The first-order valence-electron chi connectivity index (χ1n) is 8.90. The highest BCUT2D eigenvalue weighted by atomic mass is 16.5. The Labute approximate surface area is 158 Å². The van der Waals surface area contributed by atoms with Crippen LogP contribution in [0.25, 0.3) is 0 Å². The van der Waals surface area contributed by atoms with E-state index in [1.54, 1.807) is 35.2 Å². The summed E-state index contributed by atoms with van der Waals surface area (Å²) in [7, 11) is 3.02. The molecule has 1 aliphatic rings. The average molecular weight is 369 g/mol. The quantitative estimate of drug-likeness (QED) is 0.732. The van der Waals surface area contributed by atoms with Gasteiger partial charge in [0, 0.05) is 18.7 Å². The van der Waals surface area contributed by atoms with Crippen LogP contribution in [0.5, 0.6) is 11.5 Å². The van der Waals surface area contributed by atoms with E-state index in [0.717, 1.165) is 12.8 Å². The molecule has 1 atom stereocenters. The minimum absolute atomic E-state index is 0.187. The molecule has 1 aliphatic heterocycles. The third-order valence-electron chi connectivity index (χ3n) is 4.59. The van der Waals surface area contributed by atoms with Crippen molar-refractivity contribution in [2.45, 2.75) is 18.9 Å². The summed E-state index contributed by atoms with van der Waals surface area (Å²) in [6.45, 7) is 1.38. The largest absolute Gasteiger partial charge is 0.493 e. The fourth-order valence-corrected chi connectivity index (χ4v) is 3.13. The number of carbonyl (C=O) groups is 2. The molecule has 0 aliphatic carbocycles. The minimum atomic E-state index is -0.968. The highest BCUT2D eigenvalue weighted by Gasteiger charge is 2.31. The van der Waals surface area contributed by atoms with E-state index in [-0.39, 0.29) is 5.91 Å². The van der Waals surface area contributed by atoms with Crippen LogP contribution in [0.1, 0.15) is 34.9 Å². The van der Waals surface area contributed by atoms with Crippen molar-refractivity contribution in [1.29, 1.82) is 0 Å². The summed E-state index contributed by atoms with van der Waals surface area (Å²) in [6, 6.07) is 13.9. The zero-order valence-electron chi connectivity index (χ0n) is 15.5. The number of methoxy groups -OCH3 is 2. The third kappa shape index (κ3) is 4.22. The molecule has 0 spiro atoms. The van der Waals surface area contributed by atoms with Crippen molar-refractivity contribution in [2.75, 3.05) is 27.3 Å². The lowest BCUT2D eigenvalue weighted by molar-refractivity contribution is -0.140. The van der Waals surface area contributed by atoms with Crippen molar-refractivity contribution >= 4 is 11.9 Å². The third-order valence-corrected chi connectivity index (χ3v) is 4.59. The Morgan fingerprint density at radius 3 is 2.22 bits per heavy atom. The molecule has 27 heavy (non-hydrogen) atoms. The number of ether oxygens (including phenoxy) is 3. The summed E-state index contributed by atoms with van der Waals surface area (Å²) in [5, 5.41) is 0. The zero-order valence-corrected chi connectivity index (χ0v) is 15.5. The summed E-state index contributed by atoms with van der Waals surface area (Å²) >= 11 is 0. The van der Waals surface area contributed by atoms with E-state index in [1.807, 2.05) is 18.2 Å². The van der Waals surface area contributed by atoms with Gasteiger partial charge < -0.3 is 19.1 Å². The highest BCUT2D eigenvalue weighted by Crippen LogP contribution is 2.29. The predicted molar refractivity (Wildman–Crippen MR) is 100.0 cm³/mol. The Hall–Kier alpha value is -3.02. The maximum absolute atomic E-state index is 12.9. The topological polar surface area (TPSA) is 65.1 Å². The average Bonchev–Trinajstić information content (AvgIpc) is 3.26. The van der Waals surface area contributed by atoms with Gasteiger partial charge in [-0.25, -0.2) is 4.79 Å². The summed E-state index contributed by atoms with van der Waals surface area (Å²) in [5.41, 5.74) is 0.950. The van der Waals surface area contributed by atoms with Gasteiger partial charge in [0.05, 0.1) is 19.8 Å². The summed E-state index contributed by atoms with van der Waals surface area (Å²) < 4.78 is 16.1. The zero-order chi connectivity index (χ0) is 19.2. The van der Waals surface area contributed by atoms with Crippen LogP contribution in [0.15, 0.2) is 48.5 Å². The van der Waals surface area contributed by atoms with E-state index < -0.39 is 12.1 Å². The fraction of sp³-hybridized carbons (Fsp3) is 0.333. The second kappa shape index (κ2) is 8.58. The van der Waals surface area contributed by atoms with Crippen molar-refractivity contribution < 1.29 is 23.8 Å². The lowest BCUT2D eigenvalue weighted by Crippen LogP contribution is -2.34. The number of amides is 1. The molecule has 142 valence electrons. The van der Waals surface area contributed by atoms with Crippen LogP contribution >= 0.6 is 0 Å². The van der Waals surface area contributed by atoms with E-state index in [1.165, 1.54) is 14.2 Å². The first-order chi connectivity index (χ1) is 13.1. The number of benzene rings is 2. The summed E-state index contributed by atoms with van der Waals surface area (Å²) in [5.74, 6) is 0.167. The molecule has 0 N–H and O–H groups in total. The van der Waals surface area contributed by atoms with Gasteiger partial charge in [-0.05, 0) is 31.0 Å². The first-order valence-corrected chi connectivity index (χ1v) is 8.90. The van der Waals surface area contributed by atoms with Gasteiger partial charge in [0.15, 0.2) is 11.5 Å². The van der Waals surface area contributed by atoms with Crippen molar-refractivity contribution in [1.82, 2.24) is 4.90 Å². The molecule has 1 fully saturated rings. The van der Waals surface area contributed by atoms with Gasteiger partial charge in [-0.3, -0.25) is 4.79 Å². The van der Waals surface area contributed by atoms with Crippen LogP contribution in [0.4, 0.5) is 0 Å². The molecule has 2 aromatic rings. The van der Waals surface area contributed by atoms with E-state index in [0.29, 0.717) is 35.7 Å². The second-order valence-electron chi connectivity index (χ2n) is 6.30. The molecule has 1 heterocycles. The molecule has 1 amide bonds. The number of likely N-dealkylation sites (tertiary alicyclic amines) is 1. The van der Waals surface area contributed by atoms with Crippen LogP contribution in [-0.2, 0) is 9.53 Å². The molecule has 0 saturated carbocycles. The molecule has 6 heteroatoms. The Balaban J connectivity index is 1.85. The Morgan fingerprint density at radius 1 is 0.926 bits per heavy atom. The van der Waals surface area contributed by atoms with Crippen molar-refractivity contribution in [3.8, 4) is 11.5 Å². The molecule has 0 radical (unpaired) electrons. The van der Waals surface area contributed by atoms with Gasteiger partial charge in [-0.2, -0.15) is 0 Å². The Bertz CT molecular complexity index is 799. The fourth-order valence-electron chi connectivity index (χ4n) is 3.13. The van der Waals surface area contributed by atoms with Gasteiger partial charge in [0.2, 0.25) is 6.10 Å². The molecule has 1 saturated heterocycles. The number of rotatable bonds is 6. The Kier molecular flexibility index (Phi) is 5.96. The maximum Gasteiger partial charge on any atom is 0.339 e. The van der Waals surface area contributed by atoms with Gasteiger partial charge in [0.25, 0.3) is 5.91 Å². The van der Waals surface area contributed by atoms with E-state index in [4.69, 9.17) is 14.2 Å². The van der Waals surface area contributed by atoms with Crippen molar-refractivity contribution in [3.63, 3.8) is 0 Å². The molecule has 2 aromatic carbocycles. The van der Waals surface area contributed by atoms with Gasteiger partial charge in [-0.15, -0.1) is 0 Å². The van der Waals surface area contributed by atoms with Crippen molar-refractivity contribution in [3.05, 3.63) is 59.7 Å². The number of hydrogen-bond donors (Lipinski definition) is 0. The number of nitrogens with zero attached hydrogens (tertiary/aromatic N) is 1. The van der Waals surface area contributed by atoms with E-state index in [9.17, 15) is 9.59 Å². The van der Waals surface area contributed by atoms with Gasteiger partial charge in [0.1, 0.15) is 0 Å². The molecule has 0 aromatic heterocycles. The van der Waals surface area contributed by atoms with Crippen LogP contribution in [0.2, 0.25) is 0 Å². The monoisotopic (exact) mass is 369 g/mol. The highest BCUT2D eigenvalue weighted by molar-refractivity contribution is 5.93. The first kappa shape index (κ1) is 18.8. The molecule has 3 rings (SSSR count). The van der Waals surface area contributed by atoms with Crippen LogP contribution in [0, 0.1) is 0 Å². The SMILES string of the molecule is COc1ccc(C(=O)O[C@@H](C(=O)N2CCCC2)c2ccccc2)cc1OC. The van der Waals surface area contributed by atoms with Crippen LogP contribution in [0.3, 0.4) is 0 Å². The molecular formula is C21H23NO5. The van der Waals surface area contributed by atoms with Crippen LogP contribution < -0.4 is 9.47 Å². The maximum atomic E-state index is 12.9. The molecule has 6 nitrogen and oxygen atoms in total. The summed E-state index contributed by atoms with van der Waals surface area (Å²) in [6.07, 6.45) is 0.971.